The van der Waals surface area contributed by atoms with Crippen LogP contribution in [-0.4, -0.2) is 23.8 Å². The molecule has 1 heterocycles. The normalized spacial score (nSPS) is 10.6. The number of hydrogen-bond acceptors (Lipinski definition) is 6. The summed E-state index contributed by atoms with van der Waals surface area (Å²) in [6, 6.07) is 21.6. The van der Waals surface area contributed by atoms with Gasteiger partial charge in [0.05, 0.1) is 23.9 Å². The summed E-state index contributed by atoms with van der Waals surface area (Å²) in [6.45, 7) is 5.48. The maximum Gasteiger partial charge on any atom is 0.165 e. The highest BCUT2D eigenvalue weighted by atomic mass is 16.5. The molecule has 0 spiro atoms. The van der Waals surface area contributed by atoms with Crippen molar-refractivity contribution >= 4 is 34.8 Å². The van der Waals surface area contributed by atoms with Crippen LogP contribution >= 0.6 is 0 Å². The molecule has 0 saturated heterocycles. The van der Waals surface area contributed by atoms with Crippen LogP contribution in [0.15, 0.2) is 71.8 Å². The summed E-state index contributed by atoms with van der Waals surface area (Å²) in [6.07, 6.45) is 0. The van der Waals surface area contributed by atoms with Gasteiger partial charge >= 0.3 is 0 Å². The molecule has 29 heavy (non-hydrogen) atoms. The third kappa shape index (κ3) is 3.73. The van der Waals surface area contributed by atoms with Gasteiger partial charge in [-0.1, -0.05) is 24.3 Å². The first-order chi connectivity index (χ1) is 14.2. The van der Waals surface area contributed by atoms with Gasteiger partial charge in [-0.2, -0.15) is 5.10 Å². The minimum atomic E-state index is 0.606. The molecule has 6 nitrogen and oxygen atoms in total. The lowest BCUT2D eigenvalue weighted by molar-refractivity contribution is 0.416. The highest BCUT2D eigenvalue weighted by Crippen LogP contribution is 2.32. The molecule has 0 unspecified atom stereocenters. The number of aryl methyl sites for hydroxylation is 1. The Morgan fingerprint density at radius 1 is 0.966 bits per heavy atom. The first-order valence-electron chi connectivity index (χ1n) is 9.19. The van der Waals surface area contributed by atoms with Gasteiger partial charge in [-0.25, -0.2) is 9.97 Å². The average molecular weight is 383 g/mol. The van der Waals surface area contributed by atoms with Gasteiger partial charge < -0.3 is 10.1 Å². The Balaban J connectivity index is 1.81. The monoisotopic (exact) mass is 383 g/mol. The molecule has 0 bridgehead atoms. The Morgan fingerprint density at radius 2 is 1.76 bits per heavy atom. The lowest BCUT2D eigenvalue weighted by atomic mass is 10.1. The Hall–Kier alpha value is -3.93. The molecule has 0 amide bonds. The Bertz CT molecular complexity index is 1190. The number of fused-ring (bicyclic) bond motifs is 1. The second-order valence-electron chi connectivity index (χ2n) is 6.54. The molecule has 2 N–H and O–H groups in total. The maximum atomic E-state index is 5.50. The lowest BCUT2D eigenvalue weighted by Gasteiger charge is -2.14. The van der Waals surface area contributed by atoms with Gasteiger partial charge in [0, 0.05) is 17.8 Å². The predicted molar refractivity (Wildman–Crippen MR) is 119 cm³/mol. The number of rotatable bonds is 6. The van der Waals surface area contributed by atoms with E-state index in [0.29, 0.717) is 5.82 Å². The molecule has 0 fully saturated rings. The molecular formula is C23H21N5O. The Kier molecular flexibility index (Phi) is 5.07. The van der Waals surface area contributed by atoms with Crippen molar-refractivity contribution in [1.82, 2.24) is 9.97 Å². The zero-order valence-corrected chi connectivity index (χ0v) is 16.3. The molecular weight excluding hydrogens is 362 g/mol. The Morgan fingerprint density at radius 3 is 2.55 bits per heavy atom. The van der Waals surface area contributed by atoms with Crippen LogP contribution in [0.3, 0.4) is 0 Å². The quantitative estimate of drug-likeness (QED) is 0.345. The zero-order valence-electron chi connectivity index (χ0n) is 16.3. The fraction of sp³-hybridized carbons (Fsp3) is 0.0870. The fourth-order valence-corrected chi connectivity index (χ4v) is 3.21. The largest absolute Gasteiger partial charge is 0.496 e. The lowest BCUT2D eigenvalue weighted by Crippen LogP contribution is -2.01. The summed E-state index contributed by atoms with van der Waals surface area (Å²) in [4.78, 5) is 9.57. The third-order valence-corrected chi connectivity index (χ3v) is 4.64. The first-order valence-corrected chi connectivity index (χ1v) is 9.19. The molecule has 0 radical (unpaired) electrons. The van der Waals surface area contributed by atoms with Crippen LogP contribution in [0.2, 0.25) is 0 Å². The standard InChI is InChI=1S/C23H21N5O/c1-15-14-16(12-13-19(15)28-24-2)25-22-17-8-4-6-10-20(17)26-23(27-22)18-9-5-7-11-21(18)29-3/h4-14,28H,2H2,1,3H3,(H,25,26,27). The fourth-order valence-electron chi connectivity index (χ4n) is 3.21. The van der Waals surface area contributed by atoms with E-state index in [1.165, 1.54) is 0 Å². The van der Waals surface area contributed by atoms with Crippen LogP contribution in [0.1, 0.15) is 5.56 Å². The molecule has 144 valence electrons. The number of aromatic nitrogens is 2. The number of hydrazone groups is 1. The van der Waals surface area contributed by atoms with E-state index in [1.807, 2.05) is 73.7 Å². The van der Waals surface area contributed by atoms with Crippen molar-refractivity contribution in [2.45, 2.75) is 6.92 Å². The van der Waals surface area contributed by atoms with Gasteiger partial charge in [-0.15, -0.1) is 0 Å². The highest BCUT2D eigenvalue weighted by Gasteiger charge is 2.13. The van der Waals surface area contributed by atoms with E-state index >= 15 is 0 Å². The molecule has 4 rings (SSSR count). The van der Waals surface area contributed by atoms with Gasteiger partial charge in [-0.3, -0.25) is 5.43 Å². The molecule has 3 aromatic carbocycles. The van der Waals surface area contributed by atoms with Crippen molar-refractivity contribution in [3.05, 3.63) is 72.3 Å². The molecule has 0 aliphatic heterocycles. The van der Waals surface area contributed by atoms with Gasteiger partial charge in [0.2, 0.25) is 0 Å². The van der Waals surface area contributed by atoms with Crippen molar-refractivity contribution in [3.63, 3.8) is 0 Å². The summed E-state index contributed by atoms with van der Waals surface area (Å²) in [5.74, 6) is 2.07. The zero-order chi connectivity index (χ0) is 20.2. The Labute approximate surface area is 169 Å². The molecule has 4 aromatic rings. The van der Waals surface area contributed by atoms with E-state index in [1.54, 1.807) is 7.11 Å². The van der Waals surface area contributed by atoms with Crippen molar-refractivity contribution in [1.29, 1.82) is 0 Å². The van der Waals surface area contributed by atoms with E-state index in [9.17, 15) is 0 Å². The number of benzene rings is 3. The number of nitrogens with zero attached hydrogens (tertiary/aromatic N) is 3. The third-order valence-electron chi connectivity index (χ3n) is 4.64. The van der Waals surface area contributed by atoms with Crippen molar-refractivity contribution in [2.24, 2.45) is 5.10 Å². The summed E-state index contributed by atoms with van der Waals surface area (Å²) < 4.78 is 5.50. The topological polar surface area (TPSA) is 71.4 Å². The smallest absolute Gasteiger partial charge is 0.165 e. The van der Waals surface area contributed by atoms with Crippen LogP contribution in [0.4, 0.5) is 17.2 Å². The summed E-state index contributed by atoms with van der Waals surface area (Å²) in [7, 11) is 1.65. The van der Waals surface area contributed by atoms with Crippen molar-refractivity contribution < 1.29 is 4.74 Å². The van der Waals surface area contributed by atoms with E-state index in [-0.39, 0.29) is 0 Å². The van der Waals surface area contributed by atoms with Crippen molar-refractivity contribution in [3.8, 4) is 17.1 Å². The van der Waals surface area contributed by atoms with Gasteiger partial charge in [-0.05, 0) is 55.0 Å². The van der Waals surface area contributed by atoms with Gasteiger partial charge in [0.15, 0.2) is 5.82 Å². The van der Waals surface area contributed by atoms with Gasteiger partial charge in [0.1, 0.15) is 11.6 Å². The van der Waals surface area contributed by atoms with E-state index in [0.717, 1.165) is 45.0 Å². The van der Waals surface area contributed by atoms with Crippen LogP contribution in [0.5, 0.6) is 5.75 Å². The van der Waals surface area contributed by atoms with E-state index in [4.69, 9.17) is 14.7 Å². The van der Waals surface area contributed by atoms with Crippen LogP contribution in [0.25, 0.3) is 22.3 Å². The summed E-state index contributed by atoms with van der Waals surface area (Å²) in [5.41, 5.74) is 7.47. The number of anilines is 3. The number of nitrogens with one attached hydrogen (secondary N) is 2. The predicted octanol–water partition coefficient (Wildman–Crippen LogP) is 5.38. The molecule has 0 atom stereocenters. The number of para-hydroxylation sites is 2. The number of ether oxygens (including phenoxy) is 1. The van der Waals surface area contributed by atoms with Crippen LogP contribution < -0.4 is 15.5 Å². The molecule has 0 saturated carbocycles. The molecule has 6 heteroatoms. The first kappa shape index (κ1) is 18.4. The van der Waals surface area contributed by atoms with Crippen LogP contribution in [-0.2, 0) is 0 Å². The maximum absolute atomic E-state index is 5.50. The molecule has 1 aromatic heterocycles. The highest BCUT2D eigenvalue weighted by molar-refractivity contribution is 5.92. The number of methoxy groups -OCH3 is 1. The van der Waals surface area contributed by atoms with Crippen LogP contribution in [0, 0.1) is 6.92 Å². The van der Waals surface area contributed by atoms with Crippen molar-refractivity contribution in [2.75, 3.05) is 17.9 Å². The minimum absolute atomic E-state index is 0.606. The van der Waals surface area contributed by atoms with E-state index in [2.05, 4.69) is 22.6 Å². The SMILES string of the molecule is C=NNc1ccc(Nc2nc(-c3ccccc3OC)nc3ccccc23)cc1C. The van der Waals surface area contributed by atoms with E-state index < -0.39 is 0 Å². The molecule has 0 aliphatic rings. The second-order valence-corrected chi connectivity index (χ2v) is 6.54. The summed E-state index contributed by atoms with van der Waals surface area (Å²) >= 11 is 0. The number of hydrogen-bond donors (Lipinski definition) is 2. The minimum Gasteiger partial charge on any atom is -0.496 e. The van der Waals surface area contributed by atoms with Gasteiger partial charge in [0.25, 0.3) is 0 Å². The molecule has 0 aliphatic carbocycles. The second kappa shape index (κ2) is 7.98. The summed E-state index contributed by atoms with van der Waals surface area (Å²) in [5, 5.41) is 8.11. The average Bonchev–Trinajstić information content (AvgIpc) is 2.75.